The van der Waals surface area contributed by atoms with Crippen LogP contribution in [0.25, 0.3) is 0 Å². The molecule has 0 radical (unpaired) electrons. The number of likely N-dealkylation sites (tertiary alicyclic amines) is 1. The molecule has 1 aromatic carbocycles. The number of hydrogen-bond donors (Lipinski definition) is 0. The Balaban J connectivity index is 1.97. The predicted molar refractivity (Wildman–Crippen MR) is 71.7 cm³/mol. The average molecular weight is 261 g/mol. The van der Waals surface area contributed by atoms with Crippen molar-refractivity contribution in [2.75, 3.05) is 27.3 Å². The molecule has 1 fully saturated rings. The van der Waals surface area contributed by atoms with E-state index in [1.54, 1.807) is 21.1 Å². The van der Waals surface area contributed by atoms with Gasteiger partial charge in [-0.2, -0.15) is 0 Å². The molecule has 0 spiro atoms. The first-order chi connectivity index (χ1) is 9.15. The van der Waals surface area contributed by atoms with Gasteiger partial charge in [0.2, 0.25) is 5.91 Å². The van der Waals surface area contributed by atoms with Crippen LogP contribution < -0.4 is 9.47 Å². The van der Waals surface area contributed by atoms with Gasteiger partial charge in [-0.25, -0.2) is 0 Å². The van der Waals surface area contributed by atoms with Gasteiger partial charge >= 0.3 is 0 Å². The minimum absolute atomic E-state index is 0.177. The van der Waals surface area contributed by atoms with Crippen LogP contribution in [-0.4, -0.2) is 38.1 Å². The zero-order valence-electron chi connectivity index (χ0n) is 11.6. The topological polar surface area (TPSA) is 38.8 Å². The third kappa shape index (κ3) is 1.78. The van der Waals surface area contributed by atoms with Gasteiger partial charge in [-0.15, -0.1) is 0 Å². The molecule has 4 heteroatoms. The Morgan fingerprint density at radius 3 is 2.68 bits per heavy atom. The van der Waals surface area contributed by atoms with Crippen LogP contribution in [0.15, 0.2) is 12.1 Å². The molecule has 1 amide bonds. The van der Waals surface area contributed by atoms with E-state index in [0.717, 1.165) is 31.0 Å². The fraction of sp³-hybridized carbons (Fsp3) is 0.533. The molecular weight excluding hydrogens is 242 g/mol. The van der Waals surface area contributed by atoms with Crippen molar-refractivity contribution in [2.24, 2.45) is 5.92 Å². The van der Waals surface area contributed by atoms with Crippen molar-refractivity contribution >= 4 is 5.91 Å². The lowest BCUT2D eigenvalue weighted by molar-refractivity contribution is -0.127. The summed E-state index contributed by atoms with van der Waals surface area (Å²) in [6, 6.07) is 4.10. The van der Waals surface area contributed by atoms with Crippen LogP contribution in [0.1, 0.15) is 24.0 Å². The number of rotatable bonds is 2. The van der Waals surface area contributed by atoms with Crippen LogP contribution in [0.4, 0.5) is 0 Å². The van der Waals surface area contributed by atoms with Crippen LogP contribution in [0.3, 0.4) is 0 Å². The molecule has 19 heavy (non-hydrogen) atoms. The number of nitrogens with zero attached hydrogens (tertiary/aromatic N) is 1. The van der Waals surface area contributed by atoms with Crippen LogP contribution in [0.5, 0.6) is 11.5 Å². The Morgan fingerprint density at radius 2 is 2.05 bits per heavy atom. The highest BCUT2D eigenvalue weighted by Crippen LogP contribution is 2.48. The lowest BCUT2D eigenvalue weighted by atomic mass is 9.96. The highest BCUT2D eigenvalue weighted by Gasteiger charge is 2.42. The zero-order chi connectivity index (χ0) is 13.6. The van der Waals surface area contributed by atoms with E-state index in [4.69, 9.17) is 9.47 Å². The fourth-order valence-corrected chi connectivity index (χ4v) is 3.51. The summed E-state index contributed by atoms with van der Waals surface area (Å²) < 4.78 is 10.9. The summed E-state index contributed by atoms with van der Waals surface area (Å²) in [4.78, 5) is 13.4. The highest BCUT2D eigenvalue weighted by atomic mass is 16.5. The number of amides is 1. The second-order valence-corrected chi connectivity index (χ2v) is 5.36. The van der Waals surface area contributed by atoms with Gasteiger partial charge in [0.25, 0.3) is 0 Å². The smallest absolute Gasteiger partial charge is 0.219 e. The standard InChI is InChI=1S/C15H19NO3/c1-9(17)16-7-10-6-12-11(13(10)8-16)4-5-14(18-2)15(12)19-3/h4-5,10,13H,6-8H2,1-3H3. The van der Waals surface area contributed by atoms with Gasteiger partial charge in [-0.3, -0.25) is 4.79 Å². The number of ether oxygens (including phenoxy) is 2. The van der Waals surface area contributed by atoms with E-state index in [-0.39, 0.29) is 5.91 Å². The molecule has 1 heterocycles. The number of carbonyl (C=O) groups is 1. The van der Waals surface area contributed by atoms with E-state index in [1.807, 2.05) is 11.0 Å². The molecule has 1 aliphatic carbocycles. The number of hydrogen-bond acceptors (Lipinski definition) is 3. The largest absolute Gasteiger partial charge is 0.493 e. The summed E-state index contributed by atoms with van der Waals surface area (Å²) in [7, 11) is 3.35. The first-order valence-corrected chi connectivity index (χ1v) is 6.65. The first-order valence-electron chi connectivity index (χ1n) is 6.65. The zero-order valence-corrected chi connectivity index (χ0v) is 11.6. The number of carbonyl (C=O) groups excluding carboxylic acids is 1. The Hall–Kier alpha value is -1.71. The molecule has 1 aliphatic heterocycles. The summed E-state index contributed by atoms with van der Waals surface area (Å²) >= 11 is 0. The second kappa shape index (κ2) is 4.44. The maximum absolute atomic E-state index is 11.5. The van der Waals surface area contributed by atoms with Crippen molar-refractivity contribution in [1.29, 1.82) is 0 Å². The fourth-order valence-electron chi connectivity index (χ4n) is 3.51. The molecular formula is C15H19NO3. The third-order valence-electron chi connectivity index (χ3n) is 4.44. The molecule has 0 aromatic heterocycles. The molecule has 0 saturated carbocycles. The van der Waals surface area contributed by atoms with E-state index in [2.05, 4.69) is 6.07 Å². The molecule has 102 valence electrons. The number of fused-ring (bicyclic) bond motifs is 3. The minimum Gasteiger partial charge on any atom is -0.493 e. The SMILES string of the molecule is COc1ccc2c(c1OC)CC1CN(C(C)=O)CC21. The molecule has 1 saturated heterocycles. The van der Waals surface area contributed by atoms with Gasteiger partial charge in [0.05, 0.1) is 14.2 Å². The van der Waals surface area contributed by atoms with Gasteiger partial charge in [-0.05, 0) is 24.0 Å². The molecule has 0 bridgehead atoms. The predicted octanol–water partition coefficient (Wildman–Crippen LogP) is 1.82. The van der Waals surface area contributed by atoms with Crippen molar-refractivity contribution in [1.82, 2.24) is 4.90 Å². The molecule has 2 atom stereocenters. The molecule has 3 rings (SSSR count). The molecule has 2 unspecified atom stereocenters. The van der Waals surface area contributed by atoms with Gasteiger partial charge in [-0.1, -0.05) is 6.07 Å². The van der Waals surface area contributed by atoms with Crippen LogP contribution in [0, 0.1) is 5.92 Å². The summed E-state index contributed by atoms with van der Waals surface area (Å²) in [6.07, 6.45) is 0.976. The number of benzene rings is 1. The highest BCUT2D eigenvalue weighted by molar-refractivity contribution is 5.74. The lowest BCUT2D eigenvalue weighted by Crippen LogP contribution is -2.26. The van der Waals surface area contributed by atoms with E-state index in [9.17, 15) is 4.79 Å². The van der Waals surface area contributed by atoms with Crippen molar-refractivity contribution in [3.63, 3.8) is 0 Å². The monoisotopic (exact) mass is 261 g/mol. The van der Waals surface area contributed by atoms with Crippen molar-refractivity contribution in [3.8, 4) is 11.5 Å². The summed E-state index contributed by atoms with van der Waals surface area (Å²) in [6.45, 7) is 3.35. The Bertz CT molecular complexity index is 526. The summed E-state index contributed by atoms with van der Waals surface area (Å²) in [5.41, 5.74) is 2.59. The summed E-state index contributed by atoms with van der Waals surface area (Å²) in [5.74, 6) is 2.82. The van der Waals surface area contributed by atoms with Crippen molar-refractivity contribution in [3.05, 3.63) is 23.3 Å². The van der Waals surface area contributed by atoms with Crippen LogP contribution >= 0.6 is 0 Å². The van der Waals surface area contributed by atoms with Gasteiger partial charge < -0.3 is 14.4 Å². The van der Waals surface area contributed by atoms with Crippen molar-refractivity contribution in [2.45, 2.75) is 19.3 Å². The van der Waals surface area contributed by atoms with E-state index < -0.39 is 0 Å². The van der Waals surface area contributed by atoms with Gasteiger partial charge in [0, 0.05) is 31.5 Å². The third-order valence-corrected chi connectivity index (χ3v) is 4.44. The Labute approximate surface area is 113 Å². The average Bonchev–Trinajstić information content (AvgIpc) is 2.94. The van der Waals surface area contributed by atoms with Crippen LogP contribution in [-0.2, 0) is 11.2 Å². The Morgan fingerprint density at radius 1 is 1.26 bits per heavy atom. The maximum Gasteiger partial charge on any atom is 0.219 e. The van der Waals surface area contributed by atoms with Crippen molar-refractivity contribution < 1.29 is 14.3 Å². The van der Waals surface area contributed by atoms with E-state index in [0.29, 0.717) is 11.8 Å². The Kier molecular flexibility index (Phi) is 2.88. The van der Waals surface area contributed by atoms with Gasteiger partial charge in [0.15, 0.2) is 11.5 Å². The first kappa shape index (κ1) is 12.3. The minimum atomic E-state index is 0.177. The molecule has 0 N–H and O–H groups in total. The summed E-state index contributed by atoms with van der Waals surface area (Å²) in [5, 5.41) is 0. The maximum atomic E-state index is 11.5. The normalized spacial score (nSPS) is 24.1. The van der Waals surface area contributed by atoms with Crippen LogP contribution in [0.2, 0.25) is 0 Å². The molecule has 2 aliphatic rings. The molecule has 4 nitrogen and oxygen atoms in total. The molecule has 1 aromatic rings. The van der Waals surface area contributed by atoms with Gasteiger partial charge in [0.1, 0.15) is 0 Å². The number of methoxy groups -OCH3 is 2. The van der Waals surface area contributed by atoms with E-state index >= 15 is 0 Å². The second-order valence-electron chi connectivity index (χ2n) is 5.36. The van der Waals surface area contributed by atoms with E-state index in [1.165, 1.54) is 11.1 Å². The lowest BCUT2D eigenvalue weighted by Gasteiger charge is -2.17. The quantitative estimate of drug-likeness (QED) is 0.815.